The quantitative estimate of drug-likeness (QED) is 0.701. The number of nitrogens with one attached hydrogen (secondary N) is 1. The van der Waals surface area contributed by atoms with E-state index in [2.05, 4.69) is 14.7 Å². The molecule has 19 heavy (non-hydrogen) atoms. The average Bonchev–Trinajstić information content (AvgIpc) is 2.31. The largest absolute Gasteiger partial charge is 0.526 e. The van der Waals surface area contributed by atoms with Crippen LogP contribution in [-0.4, -0.2) is 34.1 Å². The summed E-state index contributed by atoms with van der Waals surface area (Å²) >= 11 is 0. The highest BCUT2D eigenvalue weighted by Gasteiger charge is 2.20. The number of hydrogen-bond acceptors (Lipinski definition) is 5. The standard InChI is InChI=1S/C10H12N3O5P/c1-13(2)6-3-4-7-8(5-6)9(14)11-12-10(7)18-19(15,16)17/h3-5H,1-2H3,(H,11,14)(H2,15,16,17). The molecule has 0 amide bonds. The molecule has 0 aliphatic heterocycles. The molecule has 102 valence electrons. The molecule has 0 saturated carbocycles. The van der Waals surface area contributed by atoms with Crippen molar-refractivity contribution >= 4 is 24.3 Å². The van der Waals surface area contributed by atoms with Crippen LogP contribution in [0.1, 0.15) is 0 Å². The summed E-state index contributed by atoms with van der Waals surface area (Å²) in [6, 6.07) is 4.80. The van der Waals surface area contributed by atoms with Crippen LogP contribution in [0, 0.1) is 0 Å². The van der Waals surface area contributed by atoms with E-state index in [0.717, 1.165) is 5.69 Å². The van der Waals surface area contributed by atoms with Gasteiger partial charge >= 0.3 is 7.82 Å². The van der Waals surface area contributed by atoms with Gasteiger partial charge in [-0.25, -0.2) is 9.66 Å². The van der Waals surface area contributed by atoms with Crippen LogP contribution in [0.4, 0.5) is 5.69 Å². The first-order chi connectivity index (χ1) is 8.78. The van der Waals surface area contributed by atoms with Crippen molar-refractivity contribution in [1.29, 1.82) is 0 Å². The minimum Gasteiger partial charge on any atom is -0.384 e. The smallest absolute Gasteiger partial charge is 0.384 e. The van der Waals surface area contributed by atoms with E-state index in [4.69, 9.17) is 9.79 Å². The summed E-state index contributed by atoms with van der Waals surface area (Å²) in [5, 5.41) is 6.11. The number of H-pyrrole nitrogens is 1. The van der Waals surface area contributed by atoms with Crippen molar-refractivity contribution in [2.45, 2.75) is 0 Å². The van der Waals surface area contributed by atoms with Crippen molar-refractivity contribution in [2.24, 2.45) is 0 Å². The Morgan fingerprint density at radius 1 is 1.32 bits per heavy atom. The van der Waals surface area contributed by atoms with Crippen molar-refractivity contribution in [3.8, 4) is 5.88 Å². The van der Waals surface area contributed by atoms with Gasteiger partial charge in [-0.2, -0.15) is 0 Å². The van der Waals surface area contributed by atoms with E-state index in [1.807, 2.05) is 14.1 Å². The lowest BCUT2D eigenvalue weighted by Gasteiger charge is -2.13. The third kappa shape index (κ3) is 2.93. The van der Waals surface area contributed by atoms with Gasteiger partial charge in [0.1, 0.15) is 0 Å². The van der Waals surface area contributed by atoms with Crippen molar-refractivity contribution < 1.29 is 18.9 Å². The van der Waals surface area contributed by atoms with E-state index in [0.29, 0.717) is 0 Å². The van der Waals surface area contributed by atoms with E-state index in [1.165, 1.54) is 6.07 Å². The monoisotopic (exact) mass is 285 g/mol. The number of fused-ring (bicyclic) bond motifs is 1. The fourth-order valence-corrected chi connectivity index (χ4v) is 1.95. The molecule has 1 heterocycles. The van der Waals surface area contributed by atoms with Gasteiger partial charge in [0, 0.05) is 19.8 Å². The maximum Gasteiger partial charge on any atom is 0.526 e. The Labute approximate surface area is 107 Å². The van der Waals surface area contributed by atoms with Crippen LogP contribution < -0.4 is 15.0 Å². The second-order valence-corrected chi connectivity index (χ2v) is 5.23. The number of benzene rings is 1. The minimum atomic E-state index is -4.73. The highest BCUT2D eigenvalue weighted by molar-refractivity contribution is 7.46. The first-order valence-corrected chi connectivity index (χ1v) is 6.76. The summed E-state index contributed by atoms with van der Waals surface area (Å²) in [5.74, 6) is -0.312. The predicted octanol–water partition coefficient (Wildman–Crippen LogP) is 0.461. The van der Waals surface area contributed by atoms with Gasteiger partial charge in [0.05, 0.1) is 10.8 Å². The Hall–Kier alpha value is -1.89. The molecule has 1 aromatic heterocycles. The second kappa shape index (κ2) is 4.65. The summed E-state index contributed by atoms with van der Waals surface area (Å²) in [6.45, 7) is 0. The Balaban J connectivity index is 2.67. The summed E-state index contributed by atoms with van der Waals surface area (Å²) in [6.07, 6.45) is 0. The Morgan fingerprint density at radius 3 is 2.58 bits per heavy atom. The topological polar surface area (TPSA) is 116 Å². The van der Waals surface area contributed by atoms with Crippen LogP contribution in [-0.2, 0) is 4.57 Å². The molecule has 0 spiro atoms. The molecule has 0 aliphatic rings. The number of phosphoric ester groups is 1. The summed E-state index contributed by atoms with van der Waals surface area (Å²) in [4.78, 5) is 31.1. The molecule has 8 nitrogen and oxygen atoms in total. The lowest BCUT2D eigenvalue weighted by atomic mass is 10.1. The fourth-order valence-electron chi connectivity index (χ4n) is 1.59. The highest BCUT2D eigenvalue weighted by atomic mass is 31.2. The molecule has 3 N–H and O–H groups in total. The number of rotatable bonds is 3. The third-order valence-electron chi connectivity index (χ3n) is 2.46. The van der Waals surface area contributed by atoms with Gasteiger partial charge in [-0.15, -0.1) is 5.10 Å². The van der Waals surface area contributed by atoms with Crippen molar-refractivity contribution in [1.82, 2.24) is 10.2 Å². The fraction of sp³-hybridized carbons (Fsp3) is 0.200. The molecule has 1 aromatic carbocycles. The van der Waals surface area contributed by atoms with Crippen LogP contribution in [0.3, 0.4) is 0 Å². The molecule has 2 aromatic rings. The van der Waals surface area contributed by atoms with Gasteiger partial charge < -0.3 is 9.42 Å². The van der Waals surface area contributed by atoms with Crippen LogP contribution in [0.15, 0.2) is 23.0 Å². The van der Waals surface area contributed by atoms with E-state index in [1.54, 1.807) is 17.0 Å². The van der Waals surface area contributed by atoms with Gasteiger partial charge in [-0.1, -0.05) is 0 Å². The van der Waals surface area contributed by atoms with Crippen LogP contribution in [0.2, 0.25) is 0 Å². The lowest BCUT2D eigenvalue weighted by Crippen LogP contribution is -2.12. The zero-order chi connectivity index (χ0) is 14.2. The molecule has 0 aliphatic carbocycles. The number of anilines is 1. The molecule has 0 fully saturated rings. The number of hydrogen-bond donors (Lipinski definition) is 3. The van der Waals surface area contributed by atoms with Crippen molar-refractivity contribution in [3.05, 3.63) is 28.6 Å². The number of phosphoric acid groups is 1. The molecule has 0 bridgehead atoms. The third-order valence-corrected chi connectivity index (χ3v) is 2.87. The number of aromatic amines is 1. The molecule has 0 atom stereocenters. The number of nitrogens with zero attached hydrogens (tertiary/aromatic N) is 2. The van der Waals surface area contributed by atoms with Gasteiger partial charge in [0.15, 0.2) is 0 Å². The second-order valence-electron chi connectivity index (χ2n) is 4.06. The summed E-state index contributed by atoms with van der Waals surface area (Å²) in [5.41, 5.74) is 0.308. The normalized spacial score (nSPS) is 11.6. The van der Waals surface area contributed by atoms with Crippen molar-refractivity contribution in [3.63, 3.8) is 0 Å². The highest BCUT2D eigenvalue weighted by Crippen LogP contribution is 2.38. The zero-order valence-electron chi connectivity index (χ0n) is 10.2. The van der Waals surface area contributed by atoms with E-state index >= 15 is 0 Å². The van der Waals surface area contributed by atoms with E-state index in [9.17, 15) is 9.36 Å². The Bertz CT molecular complexity index is 721. The molecule has 0 unspecified atom stereocenters. The molecular formula is C10H12N3O5P. The number of aromatic nitrogens is 2. The van der Waals surface area contributed by atoms with E-state index in [-0.39, 0.29) is 16.7 Å². The maximum atomic E-state index is 11.7. The summed E-state index contributed by atoms with van der Waals surface area (Å²) < 4.78 is 15.3. The van der Waals surface area contributed by atoms with Gasteiger partial charge in [-0.3, -0.25) is 14.6 Å². The SMILES string of the molecule is CN(C)c1ccc2c(OP(=O)(O)O)n[nH]c(=O)c2c1. The lowest BCUT2D eigenvalue weighted by molar-refractivity contribution is 0.279. The van der Waals surface area contributed by atoms with Crippen LogP contribution >= 0.6 is 7.82 Å². The molecule has 0 radical (unpaired) electrons. The summed E-state index contributed by atoms with van der Waals surface area (Å²) in [7, 11) is -1.11. The van der Waals surface area contributed by atoms with Gasteiger partial charge in [0.2, 0.25) is 5.88 Å². The maximum absolute atomic E-state index is 11.7. The Kier molecular flexibility index (Phi) is 3.32. The minimum absolute atomic E-state index is 0.234. The van der Waals surface area contributed by atoms with Crippen LogP contribution in [0.25, 0.3) is 10.8 Å². The molecule has 0 saturated heterocycles. The average molecular weight is 285 g/mol. The van der Waals surface area contributed by atoms with Crippen LogP contribution in [0.5, 0.6) is 5.88 Å². The molecule has 2 rings (SSSR count). The predicted molar refractivity (Wildman–Crippen MR) is 69.4 cm³/mol. The van der Waals surface area contributed by atoms with Gasteiger partial charge in [0.25, 0.3) is 5.56 Å². The Morgan fingerprint density at radius 2 is 2.00 bits per heavy atom. The first-order valence-electron chi connectivity index (χ1n) is 5.23. The molecule has 9 heteroatoms. The zero-order valence-corrected chi connectivity index (χ0v) is 11.1. The van der Waals surface area contributed by atoms with Gasteiger partial charge in [-0.05, 0) is 18.2 Å². The first kappa shape index (κ1) is 13.5. The van der Waals surface area contributed by atoms with E-state index < -0.39 is 13.4 Å². The molecular weight excluding hydrogens is 273 g/mol. The van der Waals surface area contributed by atoms with Crippen molar-refractivity contribution in [2.75, 3.05) is 19.0 Å².